The molecule has 0 spiro atoms. The Morgan fingerprint density at radius 2 is 2.32 bits per heavy atom. The van der Waals surface area contributed by atoms with Gasteiger partial charge in [-0.05, 0) is 50.0 Å². The van der Waals surface area contributed by atoms with E-state index in [-0.39, 0.29) is 18.3 Å². The highest BCUT2D eigenvalue weighted by Crippen LogP contribution is 2.18. The van der Waals surface area contributed by atoms with Gasteiger partial charge < -0.3 is 15.4 Å². The van der Waals surface area contributed by atoms with E-state index in [0.717, 1.165) is 37.4 Å². The maximum Gasteiger partial charge on any atom is 0.251 e. The maximum atomic E-state index is 12.0. The number of aryl methyl sites for hydroxylation is 1. The molecule has 5 heteroatoms. The maximum absolute atomic E-state index is 12.0. The van der Waals surface area contributed by atoms with Gasteiger partial charge in [0.2, 0.25) is 0 Å². The first kappa shape index (κ1) is 15.8. The van der Waals surface area contributed by atoms with Crippen molar-refractivity contribution in [3.8, 4) is 5.75 Å². The molecule has 1 heterocycles. The van der Waals surface area contributed by atoms with E-state index in [2.05, 4.69) is 10.6 Å². The van der Waals surface area contributed by atoms with E-state index in [1.54, 1.807) is 13.2 Å². The molecule has 0 aromatic heterocycles. The standard InChI is InChI=1S/C14H20N2O2.ClH/c1-10-3-4-12(7-13(10)18-2)14(17)16-9-11-5-6-15-8-11;/h3-4,7,11,15H,5-6,8-9H2,1-2H3,(H,16,17);1H. The smallest absolute Gasteiger partial charge is 0.251 e. The first-order chi connectivity index (χ1) is 8.70. The molecule has 2 N–H and O–H groups in total. The van der Waals surface area contributed by atoms with Crippen molar-refractivity contribution >= 4 is 18.3 Å². The summed E-state index contributed by atoms with van der Waals surface area (Å²) in [7, 11) is 1.62. The van der Waals surface area contributed by atoms with Gasteiger partial charge in [0.25, 0.3) is 5.91 Å². The number of rotatable bonds is 4. The summed E-state index contributed by atoms with van der Waals surface area (Å²) in [6, 6.07) is 5.53. The van der Waals surface area contributed by atoms with E-state index in [9.17, 15) is 4.79 Å². The van der Waals surface area contributed by atoms with E-state index < -0.39 is 0 Å². The largest absolute Gasteiger partial charge is 0.496 e. The van der Waals surface area contributed by atoms with E-state index >= 15 is 0 Å². The van der Waals surface area contributed by atoms with Gasteiger partial charge in [0.05, 0.1) is 7.11 Å². The lowest BCUT2D eigenvalue weighted by atomic mass is 10.1. The summed E-state index contributed by atoms with van der Waals surface area (Å²) in [4.78, 5) is 12.0. The lowest BCUT2D eigenvalue weighted by Gasteiger charge is -2.11. The SMILES string of the molecule is COc1cc(C(=O)NCC2CCNC2)ccc1C.Cl. The fourth-order valence-electron chi connectivity index (χ4n) is 2.19. The summed E-state index contributed by atoms with van der Waals surface area (Å²) >= 11 is 0. The molecule has 1 unspecified atom stereocenters. The fourth-order valence-corrected chi connectivity index (χ4v) is 2.19. The van der Waals surface area contributed by atoms with Crippen molar-refractivity contribution in [3.63, 3.8) is 0 Å². The normalized spacial score (nSPS) is 17.7. The van der Waals surface area contributed by atoms with Crippen LogP contribution in [0.4, 0.5) is 0 Å². The predicted molar refractivity (Wildman–Crippen MR) is 78.3 cm³/mol. The number of carbonyl (C=O) groups excluding carboxylic acids is 1. The zero-order valence-electron chi connectivity index (χ0n) is 11.4. The summed E-state index contributed by atoms with van der Waals surface area (Å²) in [5, 5.41) is 6.27. The van der Waals surface area contributed by atoms with Gasteiger partial charge in [-0.2, -0.15) is 0 Å². The Kier molecular flexibility index (Phi) is 6.12. The Bertz CT molecular complexity index is 431. The topological polar surface area (TPSA) is 50.4 Å². The minimum Gasteiger partial charge on any atom is -0.496 e. The molecule has 1 atom stereocenters. The van der Waals surface area contributed by atoms with E-state index in [1.807, 2.05) is 19.1 Å². The molecule has 1 aliphatic heterocycles. The van der Waals surface area contributed by atoms with Crippen LogP contribution in [-0.2, 0) is 0 Å². The van der Waals surface area contributed by atoms with E-state index in [1.165, 1.54) is 0 Å². The van der Waals surface area contributed by atoms with Crippen LogP contribution in [0.15, 0.2) is 18.2 Å². The summed E-state index contributed by atoms with van der Waals surface area (Å²) in [5.41, 5.74) is 1.69. The number of nitrogens with one attached hydrogen (secondary N) is 2. The molecular weight excluding hydrogens is 264 g/mol. The number of amides is 1. The van der Waals surface area contributed by atoms with Gasteiger partial charge in [0.15, 0.2) is 0 Å². The molecule has 4 nitrogen and oxygen atoms in total. The van der Waals surface area contributed by atoms with Crippen molar-refractivity contribution in [2.75, 3.05) is 26.7 Å². The van der Waals surface area contributed by atoms with Gasteiger partial charge in [0, 0.05) is 12.1 Å². The lowest BCUT2D eigenvalue weighted by Crippen LogP contribution is -2.30. The fraction of sp³-hybridized carbons (Fsp3) is 0.500. The molecule has 106 valence electrons. The Morgan fingerprint density at radius 1 is 1.53 bits per heavy atom. The van der Waals surface area contributed by atoms with Crippen LogP contribution < -0.4 is 15.4 Å². The van der Waals surface area contributed by atoms with Crippen molar-refractivity contribution in [3.05, 3.63) is 29.3 Å². The molecule has 1 aliphatic rings. The third kappa shape index (κ3) is 4.11. The minimum absolute atomic E-state index is 0. The molecule has 1 amide bonds. The second-order valence-corrected chi connectivity index (χ2v) is 4.75. The second kappa shape index (κ2) is 7.36. The van der Waals surface area contributed by atoms with Crippen molar-refractivity contribution < 1.29 is 9.53 Å². The van der Waals surface area contributed by atoms with Crippen LogP contribution in [0.3, 0.4) is 0 Å². The van der Waals surface area contributed by atoms with Gasteiger partial charge >= 0.3 is 0 Å². The third-order valence-electron chi connectivity index (χ3n) is 3.38. The quantitative estimate of drug-likeness (QED) is 0.886. The molecular formula is C14H21ClN2O2. The van der Waals surface area contributed by atoms with Crippen LogP contribution in [0, 0.1) is 12.8 Å². The molecule has 1 saturated heterocycles. The Morgan fingerprint density at radius 3 is 2.95 bits per heavy atom. The van der Waals surface area contributed by atoms with Crippen LogP contribution in [-0.4, -0.2) is 32.7 Å². The van der Waals surface area contributed by atoms with Gasteiger partial charge in [-0.15, -0.1) is 12.4 Å². The molecule has 0 saturated carbocycles. The average Bonchev–Trinajstić information content (AvgIpc) is 2.89. The Hall–Kier alpha value is -1.26. The second-order valence-electron chi connectivity index (χ2n) is 4.75. The molecule has 2 rings (SSSR count). The highest BCUT2D eigenvalue weighted by atomic mass is 35.5. The summed E-state index contributed by atoms with van der Waals surface area (Å²) in [6.45, 7) is 4.75. The molecule has 0 radical (unpaired) electrons. The van der Waals surface area contributed by atoms with Gasteiger partial charge in [0.1, 0.15) is 5.75 Å². The zero-order valence-corrected chi connectivity index (χ0v) is 12.2. The van der Waals surface area contributed by atoms with E-state index in [0.29, 0.717) is 11.5 Å². The molecule has 1 fully saturated rings. The number of halogens is 1. The predicted octanol–water partition coefficient (Wildman–Crippen LogP) is 1.76. The van der Waals surface area contributed by atoms with Crippen LogP contribution in [0.25, 0.3) is 0 Å². The zero-order chi connectivity index (χ0) is 13.0. The summed E-state index contributed by atoms with van der Waals surface area (Å²) < 4.78 is 5.22. The molecule has 1 aromatic carbocycles. The van der Waals surface area contributed by atoms with Crippen LogP contribution in [0.2, 0.25) is 0 Å². The first-order valence-electron chi connectivity index (χ1n) is 6.34. The summed E-state index contributed by atoms with van der Waals surface area (Å²) in [6.07, 6.45) is 1.14. The van der Waals surface area contributed by atoms with Crippen molar-refractivity contribution in [2.45, 2.75) is 13.3 Å². The third-order valence-corrected chi connectivity index (χ3v) is 3.38. The highest BCUT2D eigenvalue weighted by Gasteiger charge is 2.16. The average molecular weight is 285 g/mol. The molecule has 19 heavy (non-hydrogen) atoms. The van der Waals surface area contributed by atoms with Crippen LogP contribution in [0.5, 0.6) is 5.75 Å². The number of benzene rings is 1. The summed E-state index contributed by atoms with van der Waals surface area (Å²) in [5.74, 6) is 1.28. The number of methoxy groups -OCH3 is 1. The minimum atomic E-state index is -0.0276. The number of hydrogen-bond donors (Lipinski definition) is 2. The number of ether oxygens (including phenoxy) is 1. The van der Waals surface area contributed by atoms with Gasteiger partial charge in [-0.1, -0.05) is 6.07 Å². The van der Waals surface area contributed by atoms with Crippen molar-refractivity contribution in [1.29, 1.82) is 0 Å². The van der Waals surface area contributed by atoms with Crippen LogP contribution >= 0.6 is 12.4 Å². The first-order valence-corrected chi connectivity index (χ1v) is 6.34. The molecule has 0 bridgehead atoms. The Balaban J connectivity index is 0.00000180. The van der Waals surface area contributed by atoms with Gasteiger partial charge in [-0.25, -0.2) is 0 Å². The van der Waals surface area contributed by atoms with E-state index in [4.69, 9.17) is 4.74 Å². The van der Waals surface area contributed by atoms with Crippen molar-refractivity contribution in [1.82, 2.24) is 10.6 Å². The lowest BCUT2D eigenvalue weighted by molar-refractivity contribution is 0.0948. The molecule has 0 aliphatic carbocycles. The van der Waals surface area contributed by atoms with Crippen molar-refractivity contribution in [2.24, 2.45) is 5.92 Å². The number of hydrogen-bond acceptors (Lipinski definition) is 3. The Labute approximate surface area is 120 Å². The van der Waals surface area contributed by atoms with Crippen LogP contribution in [0.1, 0.15) is 22.3 Å². The number of carbonyl (C=O) groups is 1. The highest BCUT2D eigenvalue weighted by molar-refractivity contribution is 5.94. The molecule has 1 aromatic rings. The monoisotopic (exact) mass is 284 g/mol. The van der Waals surface area contributed by atoms with Gasteiger partial charge in [-0.3, -0.25) is 4.79 Å².